The molecule has 2 atom stereocenters. The number of carbonyl (C=O) groups is 2. The van der Waals surface area contributed by atoms with Crippen molar-refractivity contribution < 1.29 is 9.59 Å². The van der Waals surface area contributed by atoms with Gasteiger partial charge in [0.05, 0.1) is 0 Å². The molecule has 2 N–H and O–H groups in total. The minimum atomic E-state index is -0.122. The van der Waals surface area contributed by atoms with Gasteiger partial charge in [-0.25, -0.2) is 9.78 Å². The molecule has 2 aliphatic carbocycles. The van der Waals surface area contributed by atoms with Gasteiger partial charge in [0.1, 0.15) is 12.4 Å². The molecule has 0 bridgehead atoms. The van der Waals surface area contributed by atoms with Gasteiger partial charge < -0.3 is 15.1 Å². The Bertz CT molecular complexity index is 710. The van der Waals surface area contributed by atoms with E-state index in [9.17, 15) is 9.59 Å². The SMILES string of the molecule is O=C(CN1CCCNC1=O)N1C[C@H](c2nc(C3CC3)n[nH]2)[C@@H](C2CC2)C1. The number of H-pyrrole nitrogens is 1. The summed E-state index contributed by atoms with van der Waals surface area (Å²) < 4.78 is 0. The van der Waals surface area contributed by atoms with Crippen LogP contribution in [0.5, 0.6) is 0 Å². The topological polar surface area (TPSA) is 94.2 Å². The lowest BCUT2D eigenvalue weighted by Gasteiger charge is -2.28. The van der Waals surface area contributed by atoms with E-state index < -0.39 is 0 Å². The van der Waals surface area contributed by atoms with Gasteiger partial charge in [-0.3, -0.25) is 9.89 Å². The van der Waals surface area contributed by atoms with Gasteiger partial charge in [0.15, 0.2) is 5.82 Å². The fourth-order valence-electron chi connectivity index (χ4n) is 4.39. The molecule has 26 heavy (non-hydrogen) atoms. The first-order valence-corrected chi connectivity index (χ1v) is 9.92. The number of urea groups is 1. The largest absolute Gasteiger partial charge is 0.340 e. The van der Waals surface area contributed by atoms with Crippen LogP contribution in [0.1, 0.15) is 55.6 Å². The molecule has 1 aromatic heterocycles. The summed E-state index contributed by atoms with van der Waals surface area (Å²) in [5.74, 6) is 3.91. The smallest absolute Gasteiger partial charge is 0.317 e. The standard InChI is InChI=1S/C18H26N6O2/c25-15(10-23-7-1-6-19-18(23)26)24-8-13(11-2-3-11)14(9-24)17-20-16(21-22-17)12-4-5-12/h11-14H,1-10H2,(H,19,26)(H,20,21,22)/t13-,14+/m1/s1. The first kappa shape index (κ1) is 16.1. The lowest BCUT2D eigenvalue weighted by Crippen LogP contribution is -2.50. The fourth-order valence-corrected chi connectivity index (χ4v) is 4.39. The second-order valence-electron chi connectivity index (χ2n) is 8.27. The van der Waals surface area contributed by atoms with Crippen LogP contribution in [-0.2, 0) is 4.79 Å². The molecule has 2 saturated heterocycles. The number of rotatable bonds is 5. The third-order valence-corrected chi connectivity index (χ3v) is 6.25. The number of aromatic nitrogens is 3. The summed E-state index contributed by atoms with van der Waals surface area (Å²) >= 11 is 0. The monoisotopic (exact) mass is 358 g/mol. The van der Waals surface area contributed by atoms with E-state index in [0.29, 0.717) is 37.4 Å². The Morgan fingerprint density at radius 3 is 2.77 bits per heavy atom. The number of aromatic amines is 1. The highest BCUT2D eigenvalue weighted by atomic mass is 16.2. The summed E-state index contributed by atoms with van der Waals surface area (Å²) in [7, 11) is 0. The maximum atomic E-state index is 12.8. The van der Waals surface area contributed by atoms with Crippen LogP contribution in [0.15, 0.2) is 0 Å². The number of hydrogen-bond donors (Lipinski definition) is 2. The Labute approximate surface area is 152 Å². The van der Waals surface area contributed by atoms with Gasteiger partial charge in [-0.05, 0) is 43.9 Å². The fraction of sp³-hybridized carbons (Fsp3) is 0.778. The van der Waals surface area contributed by atoms with Crippen LogP contribution >= 0.6 is 0 Å². The van der Waals surface area contributed by atoms with Crippen LogP contribution < -0.4 is 5.32 Å². The summed E-state index contributed by atoms with van der Waals surface area (Å²) in [6, 6.07) is -0.122. The maximum Gasteiger partial charge on any atom is 0.317 e. The van der Waals surface area contributed by atoms with E-state index >= 15 is 0 Å². The maximum absolute atomic E-state index is 12.8. The highest BCUT2D eigenvalue weighted by molar-refractivity contribution is 5.84. The van der Waals surface area contributed by atoms with E-state index in [1.807, 2.05) is 4.90 Å². The minimum absolute atomic E-state index is 0.0529. The zero-order chi connectivity index (χ0) is 17.7. The lowest BCUT2D eigenvalue weighted by atomic mass is 9.91. The van der Waals surface area contributed by atoms with Crippen LogP contribution in [-0.4, -0.2) is 69.6 Å². The number of amides is 3. The molecule has 1 aromatic rings. The minimum Gasteiger partial charge on any atom is -0.340 e. The Hall–Kier alpha value is -2.12. The zero-order valence-electron chi connectivity index (χ0n) is 15.0. The predicted octanol–water partition coefficient (Wildman–Crippen LogP) is 1.05. The number of likely N-dealkylation sites (tertiary alicyclic amines) is 1. The van der Waals surface area contributed by atoms with Gasteiger partial charge >= 0.3 is 6.03 Å². The van der Waals surface area contributed by atoms with Crippen LogP contribution in [0.25, 0.3) is 0 Å². The van der Waals surface area contributed by atoms with E-state index in [4.69, 9.17) is 4.98 Å². The number of hydrogen-bond acceptors (Lipinski definition) is 4. The molecule has 5 rings (SSSR count). The van der Waals surface area contributed by atoms with Crippen LogP contribution in [0.2, 0.25) is 0 Å². The second kappa shape index (κ2) is 6.25. The quantitative estimate of drug-likeness (QED) is 0.823. The average molecular weight is 358 g/mol. The van der Waals surface area contributed by atoms with Crippen molar-refractivity contribution in [1.29, 1.82) is 0 Å². The highest BCUT2D eigenvalue weighted by Crippen LogP contribution is 2.47. The Kier molecular flexibility index (Phi) is 3.86. The molecule has 0 spiro atoms. The first-order valence-electron chi connectivity index (χ1n) is 9.92. The van der Waals surface area contributed by atoms with Crippen molar-refractivity contribution in [3.63, 3.8) is 0 Å². The molecule has 4 fully saturated rings. The molecule has 2 saturated carbocycles. The normalized spacial score (nSPS) is 29.2. The van der Waals surface area contributed by atoms with E-state index in [-0.39, 0.29) is 24.4 Å². The third-order valence-electron chi connectivity index (χ3n) is 6.25. The van der Waals surface area contributed by atoms with E-state index in [1.54, 1.807) is 4.90 Å². The van der Waals surface area contributed by atoms with E-state index in [2.05, 4.69) is 15.5 Å². The van der Waals surface area contributed by atoms with Gasteiger partial charge in [-0.1, -0.05) is 0 Å². The molecule has 140 valence electrons. The number of carbonyl (C=O) groups excluding carboxylic acids is 2. The van der Waals surface area contributed by atoms with Crippen molar-refractivity contribution in [2.45, 2.75) is 43.9 Å². The van der Waals surface area contributed by atoms with Gasteiger partial charge in [-0.15, -0.1) is 0 Å². The Morgan fingerprint density at radius 1 is 1.19 bits per heavy atom. The van der Waals surface area contributed by atoms with Gasteiger partial charge in [-0.2, -0.15) is 5.10 Å². The molecule has 2 aliphatic heterocycles. The molecule has 8 heteroatoms. The van der Waals surface area contributed by atoms with E-state index in [1.165, 1.54) is 25.7 Å². The van der Waals surface area contributed by atoms with Crippen molar-refractivity contribution in [3.8, 4) is 0 Å². The van der Waals surface area contributed by atoms with E-state index in [0.717, 1.165) is 24.6 Å². The average Bonchev–Trinajstić information content (AvgIpc) is 3.57. The molecule has 3 amide bonds. The van der Waals surface area contributed by atoms with Crippen LogP contribution in [0.3, 0.4) is 0 Å². The van der Waals surface area contributed by atoms with Crippen molar-refractivity contribution in [1.82, 2.24) is 30.3 Å². The number of nitrogens with one attached hydrogen (secondary N) is 2. The molecule has 8 nitrogen and oxygen atoms in total. The van der Waals surface area contributed by atoms with Crippen LogP contribution in [0, 0.1) is 11.8 Å². The molecule has 3 heterocycles. The van der Waals surface area contributed by atoms with Gasteiger partial charge in [0.25, 0.3) is 0 Å². The Morgan fingerprint density at radius 2 is 2.04 bits per heavy atom. The predicted molar refractivity (Wildman–Crippen MR) is 93.5 cm³/mol. The first-order chi connectivity index (χ1) is 12.7. The van der Waals surface area contributed by atoms with Crippen molar-refractivity contribution in [2.24, 2.45) is 11.8 Å². The number of nitrogens with zero attached hydrogens (tertiary/aromatic N) is 4. The third kappa shape index (κ3) is 3.05. The lowest BCUT2D eigenvalue weighted by molar-refractivity contribution is -0.131. The molecular weight excluding hydrogens is 332 g/mol. The molecule has 0 unspecified atom stereocenters. The van der Waals surface area contributed by atoms with Gasteiger partial charge in [0.2, 0.25) is 5.91 Å². The van der Waals surface area contributed by atoms with Crippen molar-refractivity contribution in [2.75, 3.05) is 32.7 Å². The summed E-state index contributed by atoms with van der Waals surface area (Å²) in [5.41, 5.74) is 0. The summed E-state index contributed by atoms with van der Waals surface area (Å²) in [5, 5.41) is 10.4. The van der Waals surface area contributed by atoms with Crippen LogP contribution in [0.4, 0.5) is 4.79 Å². The zero-order valence-corrected chi connectivity index (χ0v) is 15.0. The summed E-state index contributed by atoms with van der Waals surface area (Å²) in [6.07, 6.45) is 5.78. The highest BCUT2D eigenvalue weighted by Gasteiger charge is 2.46. The summed E-state index contributed by atoms with van der Waals surface area (Å²) in [6.45, 7) is 3.01. The summed E-state index contributed by atoms with van der Waals surface area (Å²) in [4.78, 5) is 33.0. The molecular formula is C18H26N6O2. The molecule has 4 aliphatic rings. The van der Waals surface area contributed by atoms with Gasteiger partial charge in [0, 0.05) is 38.0 Å². The van der Waals surface area contributed by atoms with Crippen molar-refractivity contribution >= 4 is 11.9 Å². The molecule has 0 aromatic carbocycles. The molecule has 0 radical (unpaired) electrons. The Balaban J connectivity index is 1.28. The second-order valence-corrected chi connectivity index (χ2v) is 8.27. The van der Waals surface area contributed by atoms with Crippen molar-refractivity contribution in [3.05, 3.63) is 11.6 Å².